The maximum Gasteiger partial charge on any atom is 0.348 e. The smallest absolute Gasteiger partial charge is 0.348 e. The molecule has 3 N–H and O–H groups in total. The van der Waals surface area contributed by atoms with Crippen LogP contribution in [0, 0.1) is 0 Å². The lowest BCUT2D eigenvalue weighted by molar-refractivity contribution is 0.146. The highest BCUT2D eigenvalue weighted by molar-refractivity contribution is 5.92. The topological polar surface area (TPSA) is 109 Å². The summed E-state index contributed by atoms with van der Waals surface area (Å²) in [4.78, 5) is 17.1. The third kappa shape index (κ3) is 4.83. The van der Waals surface area contributed by atoms with Crippen LogP contribution in [0.3, 0.4) is 0 Å². The molecule has 0 radical (unpaired) electrons. The molecule has 0 aliphatic carbocycles. The van der Waals surface area contributed by atoms with E-state index in [1.807, 2.05) is 67.8 Å². The number of amides is 1. The number of nitrogen functional groups attached to an aromatic ring is 1. The lowest BCUT2D eigenvalue weighted by atomic mass is 9.92. The lowest BCUT2D eigenvalue weighted by Crippen LogP contribution is -2.23. The van der Waals surface area contributed by atoms with Crippen molar-refractivity contribution < 1.29 is 14.3 Å². The second-order valence-electron chi connectivity index (χ2n) is 8.70. The van der Waals surface area contributed by atoms with E-state index in [-0.39, 0.29) is 5.41 Å². The Kier molecular flexibility index (Phi) is 6.06. The van der Waals surface area contributed by atoms with Crippen molar-refractivity contribution in [3.05, 3.63) is 60.6 Å². The number of aromatic nitrogens is 4. The van der Waals surface area contributed by atoms with Crippen LogP contribution in [0.25, 0.3) is 16.7 Å². The van der Waals surface area contributed by atoms with E-state index in [1.54, 1.807) is 19.5 Å². The molecule has 0 saturated heterocycles. The van der Waals surface area contributed by atoms with Gasteiger partial charge < -0.3 is 20.5 Å². The molecular formula is C24H28N6O3. The number of fused-ring (bicyclic) bond motifs is 1. The number of nitrogens with two attached hydrogens (primary N) is 1. The van der Waals surface area contributed by atoms with Gasteiger partial charge in [0.05, 0.1) is 23.3 Å². The molecule has 1 amide bonds. The number of nitrogens with one attached hydrogen (secondary N) is 1. The second kappa shape index (κ2) is 8.95. The molecule has 9 nitrogen and oxygen atoms in total. The highest BCUT2D eigenvalue weighted by atomic mass is 16.5. The predicted octanol–water partition coefficient (Wildman–Crippen LogP) is 4.21. The van der Waals surface area contributed by atoms with E-state index >= 15 is 0 Å². The molecule has 172 valence electrons. The highest BCUT2D eigenvalue weighted by Crippen LogP contribution is 2.25. The monoisotopic (exact) mass is 448 g/mol. The number of benzene rings is 2. The summed E-state index contributed by atoms with van der Waals surface area (Å²) in [5.74, 6) is 1.04. The van der Waals surface area contributed by atoms with E-state index < -0.39 is 6.03 Å². The Hall–Kier alpha value is -3.85. The predicted molar refractivity (Wildman–Crippen MR) is 128 cm³/mol. The molecule has 9 heteroatoms. The van der Waals surface area contributed by atoms with Gasteiger partial charge in [0.2, 0.25) is 0 Å². The van der Waals surface area contributed by atoms with Gasteiger partial charge in [0.1, 0.15) is 24.5 Å². The largest absolute Gasteiger partial charge is 0.491 e. The first kappa shape index (κ1) is 22.3. The third-order valence-electron chi connectivity index (χ3n) is 5.17. The Morgan fingerprint density at radius 1 is 1.09 bits per heavy atom. The summed E-state index contributed by atoms with van der Waals surface area (Å²) in [6.07, 6.45) is 1.76. The van der Waals surface area contributed by atoms with Crippen molar-refractivity contribution in [1.29, 1.82) is 0 Å². The normalized spacial score (nSPS) is 11.6. The molecule has 0 spiro atoms. The van der Waals surface area contributed by atoms with Crippen molar-refractivity contribution >= 4 is 28.6 Å². The van der Waals surface area contributed by atoms with Gasteiger partial charge in [0.15, 0.2) is 0 Å². The molecule has 33 heavy (non-hydrogen) atoms. The fourth-order valence-corrected chi connectivity index (χ4v) is 3.34. The fourth-order valence-electron chi connectivity index (χ4n) is 3.34. The number of rotatable bonds is 6. The van der Waals surface area contributed by atoms with Crippen LogP contribution >= 0.6 is 0 Å². The molecule has 4 aromatic rings. The van der Waals surface area contributed by atoms with E-state index in [0.29, 0.717) is 24.7 Å². The van der Waals surface area contributed by atoms with Gasteiger partial charge in [0.25, 0.3) is 0 Å². The average molecular weight is 449 g/mol. The van der Waals surface area contributed by atoms with E-state index in [0.717, 1.165) is 28.2 Å². The molecule has 2 heterocycles. The van der Waals surface area contributed by atoms with Crippen molar-refractivity contribution in [2.24, 2.45) is 0 Å². The summed E-state index contributed by atoms with van der Waals surface area (Å²) in [6.45, 7) is 7.07. The molecule has 4 rings (SSSR count). The number of nitrogens with zero attached hydrogens (tertiary/aromatic N) is 4. The number of methoxy groups -OCH3 is 1. The molecular weight excluding hydrogens is 420 g/mol. The van der Waals surface area contributed by atoms with E-state index in [1.165, 1.54) is 4.68 Å². The Morgan fingerprint density at radius 3 is 2.52 bits per heavy atom. The maximum atomic E-state index is 12.7. The van der Waals surface area contributed by atoms with Crippen molar-refractivity contribution in [2.75, 3.05) is 31.4 Å². The zero-order valence-electron chi connectivity index (χ0n) is 19.2. The van der Waals surface area contributed by atoms with Crippen LogP contribution in [0.5, 0.6) is 5.75 Å². The van der Waals surface area contributed by atoms with Gasteiger partial charge in [-0.1, -0.05) is 20.8 Å². The Morgan fingerprint density at radius 2 is 1.85 bits per heavy atom. The molecule has 0 bridgehead atoms. The van der Waals surface area contributed by atoms with E-state index in [4.69, 9.17) is 15.2 Å². The minimum absolute atomic E-state index is 0.203. The van der Waals surface area contributed by atoms with Crippen LogP contribution in [0.4, 0.5) is 16.3 Å². The van der Waals surface area contributed by atoms with Crippen LogP contribution in [-0.2, 0) is 10.2 Å². The summed E-state index contributed by atoms with van der Waals surface area (Å²) >= 11 is 0. The number of imidazole rings is 1. The quantitative estimate of drug-likeness (QED) is 0.428. The third-order valence-corrected chi connectivity index (χ3v) is 5.17. The molecule has 0 fully saturated rings. The lowest BCUT2D eigenvalue weighted by Gasteiger charge is -2.14. The standard InChI is InChI=1S/C24H28N6O3/c1-24(2,3)21-14-22(25)30(28-21)23(31)27-16-5-7-17(8-6-16)29-15-26-19-13-18(9-10-20(19)29)33-12-11-32-4/h5-10,13-15H,11-12,25H2,1-4H3,(H,27,31). The summed E-state index contributed by atoms with van der Waals surface area (Å²) in [5.41, 5.74) is 9.87. The van der Waals surface area contributed by atoms with Crippen LogP contribution in [0.2, 0.25) is 0 Å². The van der Waals surface area contributed by atoms with Gasteiger partial charge >= 0.3 is 6.03 Å². The summed E-state index contributed by atoms with van der Waals surface area (Å²) in [6, 6.07) is 14.6. The molecule has 2 aromatic heterocycles. The fraction of sp³-hybridized carbons (Fsp3) is 0.292. The molecule has 0 unspecified atom stereocenters. The first-order chi connectivity index (χ1) is 15.8. The zero-order chi connectivity index (χ0) is 23.6. The number of ether oxygens (including phenoxy) is 2. The Bertz CT molecular complexity index is 1270. The second-order valence-corrected chi connectivity index (χ2v) is 8.70. The van der Waals surface area contributed by atoms with Crippen molar-refractivity contribution in [3.63, 3.8) is 0 Å². The SMILES string of the molecule is COCCOc1ccc2c(c1)ncn2-c1ccc(NC(=O)n2nc(C(C)(C)C)cc2N)cc1. The average Bonchev–Trinajstić information content (AvgIpc) is 3.38. The van der Waals surface area contributed by atoms with Gasteiger partial charge in [-0.3, -0.25) is 4.57 Å². The van der Waals surface area contributed by atoms with Crippen molar-refractivity contribution in [2.45, 2.75) is 26.2 Å². The van der Waals surface area contributed by atoms with Gasteiger partial charge in [-0.15, -0.1) is 0 Å². The number of carbonyl (C=O) groups is 1. The minimum Gasteiger partial charge on any atom is -0.491 e. The summed E-state index contributed by atoms with van der Waals surface area (Å²) in [7, 11) is 1.64. The number of carbonyl (C=O) groups excluding carboxylic acids is 1. The van der Waals surface area contributed by atoms with Crippen LogP contribution in [0.1, 0.15) is 26.5 Å². The first-order valence-corrected chi connectivity index (χ1v) is 10.6. The number of hydrogen-bond donors (Lipinski definition) is 2. The molecule has 0 aliphatic heterocycles. The first-order valence-electron chi connectivity index (χ1n) is 10.6. The molecule has 0 saturated carbocycles. The zero-order valence-corrected chi connectivity index (χ0v) is 19.2. The van der Waals surface area contributed by atoms with E-state index in [9.17, 15) is 4.79 Å². The van der Waals surface area contributed by atoms with Gasteiger partial charge in [-0.2, -0.15) is 9.78 Å². The number of hydrogen-bond acceptors (Lipinski definition) is 6. The van der Waals surface area contributed by atoms with Crippen molar-refractivity contribution in [1.82, 2.24) is 19.3 Å². The Labute approximate surface area is 192 Å². The summed E-state index contributed by atoms with van der Waals surface area (Å²) in [5, 5.41) is 7.19. The highest BCUT2D eigenvalue weighted by Gasteiger charge is 2.21. The summed E-state index contributed by atoms with van der Waals surface area (Å²) < 4.78 is 13.8. The van der Waals surface area contributed by atoms with Gasteiger partial charge in [0, 0.05) is 36.0 Å². The molecule has 0 atom stereocenters. The molecule has 0 aliphatic rings. The minimum atomic E-state index is -0.412. The van der Waals surface area contributed by atoms with Crippen LogP contribution in [0.15, 0.2) is 54.9 Å². The maximum absolute atomic E-state index is 12.7. The van der Waals surface area contributed by atoms with Crippen molar-refractivity contribution in [3.8, 4) is 11.4 Å². The number of anilines is 2. The Balaban J connectivity index is 1.49. The molecule has 2 aromatic carbocycles. The van der Waals surface area contributed by atoms with Crippen LogP contribution in [-0.4, -0.2) is 45.7 Å². The van der Waals surface area contributed by atoms with E-state index in [2.05, 4.69) is 15.4 Å². The van der Waals surface area contributed by atoms with Crippen LogP contribution < -0.4 is 15.8 Å². The van der Waals surface area contributed by atoms with Gasteiger partial charge in [-0.25, -0.2) is 9.78 Å². The van der Waals surface area contributed by atoms with Gasteiger partial charge in [-0.05, 0) is 36.4 Å².